The van der Waals surface area contributed by atoms with Crippen LogP contribution in [0.5, 0.6) is 5.75 Å². The Kier molecular flexibility index (Phi) is 14.0. The van der Waals surface area contributed by atoms with Crippen LogP contribution in [0.15, 0.2) is 49.2 Å². The zero-order chi connectivity index (χ0) is 38.1. The molecular weight excluding hydrogens is 667 g/mol. The molecule has 0 aliphatic carbocycles. The van der Waals surface area contributed by atoms with E-state index in [9.17, 15) is 19.2 Å². The van der Waals surface area contributed by atoms with Crippen molar-refractivity contribution >= 4 is 38.3 Å². The van der Waals surface area contributed by atoms with Crippen molar-refractivity contribution in [1.29, 1.82) is 0 Å². The first-order valence-electron chi connectivity index (χ1n) is 17.6. The van der Waals surface area contributed by atoms with Gasteiger partial charge in [0.25, 0.3) is 5.91 Å². The maximum absolute atomic E-state index is 14.2. The minimum atomic E-state index is -2.16. The summed E-state index contributed by atoms with van der Waals surface area (Å²) in [4.78, 5) is 58.1. The fraction of sp³-hybridized carbons (Fsp3) is 0.553. The number of hydrazine groups is 1. The van der Waals surface area contributed by atoms with E-state index in [1.807, 2.05) is 24.3 Å². The maximum Gasteiger partial charge on any atom is 0.408 e. The molecule has 0 unspecified atom stereocenters. The number of rotatable bonds is 13. The van der Waals surface area contributed by atoms with Crippen molar-refractivity contribution in [1.82, 2.24) is 26.1 Å². The molecule has 2 aromatic rings. The molecule has 3 amide bonds. The highest BCUT2D eigenvalue weighted by Crippen LogP contribution is 2.37. The molecular formula is C38H57N5O7Si. The van der Waals surface area contributed by atoms with Crippen LogP contribution in [0.25, 0.3) is 6.08 Å². The average Bonchev–Trinajstić information content (AvgIpc) is 3.04. The Morgan fingerprint density at radius 1 is 1.08 bits per heavy atom. The quantitative estimate of drug-likeness (QED) is 0.169. The average molecular weight is 724 g/mol. The minimum Gasteiger partial charge on any atom is -0.543 e. The topological polar surface area (TPSA) is 148 Å². The second kappa shape index (κ2) is 17.3. The highest BCUT2D eigenvalue weighted by Gasteiger charge is 2.39. The highest BCUT2D eigenvalue weighted by atomic mass is 28.4. The number of nitrogens with zero attached hydrogens (tertiary/aromatic N) is 2. The molecule has 1 fully saturated rings. The zero-order valence-electron chi connectivity index (χ0n) is 31.9. The van der Waals surface area contributed by atoms with Crippen LogP contribution in [0.1, 0.15) is 85.1 Å². The minimum absolute atomic E-state index is 0.0216. The summed E-state index contributed by atoms with van der Waals surface area (Å²) < 4.78 is 17.5. The van der Waals surface area contributed by atoms with Crippen molar-refractivity contribution in [3.8, 4) is 5.75 Å². The molecule has 280 valence electrons. The maximum atomic E-state index is 14.2. The van der Waals surface area contributed by atoms with Crippen LogP contribution in [0.4, 0.5) is 4.79 Å². The van der Waals surface area contributed by atoms with Gasteiger partial charge in [-0.2, -0.15) is 0 Å². The van der Waals surface area contributed by atoms with Crippen LogP contribution >= 0.6 is 0 Å². The number of benzene rings is 1. The molecule has 12 nitrogen and oxygen atoms in total. The van der Waals surface area contributed by atoms with Crippen molar-refractivity contribution in [2.45, 2.75) is 123 Å². The first kappa shape index (κ1) is 41.2. The first-order chi connectivity index (χ1) is 23.7. The Morgan fingerprint density at radius 3 is 2.41 bits per heavy atom. The molecule has 1 aliphatic heterocycles. The molecule has 0 radical (unpaired) electrons. The third kappa shape index (κ3) is 12.5. The molecule has 2 heterocycles. The molecule has 51 heavy (non-hydrogen) atoms. The van der Waals surface area contributed by atoms with E-state index >= 15 is 0 Å². The number of carbonyl (C=O) groups is 4. The van der Waals surface area contributed by atoms with Crippen LogP contribution in [-0.4, -0.2) is 72.5 Å². The lowest BCUT2D eigenvalue weighted by atomic mass is 10.0. The standard InChI is InChI=1S/C38H57N5O7Si/c1-12-26-18-19-39-28(21-26)24-48-35(46)30-17-14-20-43(42-30)34(45)31(40-33(44)32(25(2)3)41-36(47)49-37(4,5)6)23-27-15-13-16-29(22-27)50-51(10,11)38(7,8)9/h12-13,15-16,18-19,21-22,25,30-32,42H,1,14,17,20,23-24H2,2-11H3,(H,40,44)(H,41,47)/t30-,31-,32-/m0/s1. The van der Waals surface area contributed by atoms with E-state index in [0.29, 0.717) is 30.8 Å². The Balaban J connectivity index is 1.84. The predicted octanol–water partition coefficient (Wildman–Crippen LogP) is 5.92. The number of carbonyl (C=O) groups excluding carboxylic acids is 4. The third-order valence-corrected chi connectivity index (χ3v) is 13.3. The number of aromatic nitrogens is 1. The summed E-state index contributed by atoms with van der Waals surface area (Å²) in [6, 6.07) is 8.32. The third-order valence-electron chi connectivity index (χ3n) is 8.93. The van der Waals surface area contributed by atoms with Gasteiger partial charge in [0, 0.05) is 19.2 Å². The molecule has 1 aromatic heterocycles. The number of pyridine rings is 1. The summed E-state index contributed by atoms with van der Waals surface area (Å²) in [5.41, 5.74) is 4.47. The summed E-state index contributed by atoms with van der Waals surface area (Å²) in [6.45, 7) is 23.7. The van der Waals surface area contributed by atoms with Gasteiger partial charge in [0.05, 0.1) is 5.69 Å². The number of alkyl carbamates (subject to hydrolysis) is 1. The Hall–Kier alpha value is -4.23. The fourth-order valence-electron chi connectivity index (χ4n) is 5.10. The molecule has 0 saturated carbocycles. The normalized spacial score (nSPS) is 16.5. The number of hydrogen-bond acceptors (Lipinski definition) is 9. The van der Waals surface area contributed by atoms with Gasteiger partial charge < -0.3 is 24.5 Å². The van der Waals surface area contributed by atoms with Crippen LogP contribution in [-0.2, 0) is 36.9 Å². The van der Waals surface area contributed by atoms with E-state index in [2.05, 4.69) is 61.5 Å². The van der Waals surface area contributed by atoms with Crippen molar-refractivity contribution in [3.05, 3.63) is 66.0 Å². The molecule has 1 aliphatic rings. The first-order valence-corrected chi connectivity index (χ1v) is 20.5. The van der Waals surface area contributed by atoms with E-state index in [-0.39, 0.29) is 24.0 Å². The van der Waals surface area contributed by atoms with Crippen LogP contribution < -0.4 is 20.5 Å². The van der Waals surface area contributed by atoms with Gasteiger partial charge in [-0.1, -0.05) is 59.4 Å². The van der Waals surface area contributed by atoms with E-state index in [1.54, 1.807) is 59.0 Å². The van der Waals surface area contributed by atoms with E-state index in [4.69, 9.17) is 13.9 Å². The molecule has 1 saturated heterocycles. The van der Waals surface area contributed by atoms with Crippen molar-refractivity contribution in [3.63, 3.8) is 0 Å². The van der Waals surface area contributed by atoms with E-state index in [1.165, 1.54) is 5.01 Å². The Bertz CT molecular complexity index is 1550. The highest BCUT2D eigenvalue weighted by molar-refractivity contribution is 6.74. The van der Waals surface area contributed by atoms with Gasteiger partial charge in [0.2, 0.25) is 14.2 Å². The summed E-state index contributed by atoms with van der Waals surface area (Å²) in [7, 11) is -2.16. The van der Waals surface area contributed by atoms with Gasteiger partial charge in [-0.05, 0) is 93.1 Å². The lowest BCUT2D eigenvalue weighted by Crippen LogP contribution is -2.62. The van der Waals surface area contributed by atoms with Crippen molar-refractivity contribution in [2.24, 2.45) is 5.92 Å². The number of esters is 1. The van der Waals surface area contributed by atoms with Crippen molar-refractivity contribution in [2.75, 3.05) is 6.54 Å². The van der Waals surface area contributed by atoms with Gasteiger partial charge in [0.1, 0.15) is 36.1 Å². The zero-order valence-corrected chi connectivity index (χ0v) is 32.9. The van der Waals surface area contributed by atoms with Crippen molar-refractivity contribution < 1.29 is 33.1 Å². The van der Waals surface area contributed by atoms with Crippen LogP contribution in [0, 0.1) is 5.92 Å². The molecule has 3 N–H and O–H groups in total. The van der Waals surface area contributed by atoms with E-state index < -0.39 is 55.9 Å². The van der Waals surface area contributed by atoms with Gasteiger partial charge in [0.15, 0.2) is 0 Å². The lowest BCUT2D eigenvalue weighted by molar-refractivity contribution is -0.154. The van der Waals surface area contributed by atoms with Gasteiger partial charge >= 0.3 is 12.1 Å². The largest absolute Gasteiger partial charge is 0.543 e. The number of ether oxygens (including phenoxy) is 2. The molecule has 3 atom stereocenters. The smallest absolute Gasteiger partial charge is 0.408 e. The summed E-state index contributed by atoms with van der Waals surface area (Å²) in [5, 5.41) is 6.92. The molecule has 3 rings (SSSR count). The number of hydrogen-bond donors (Lipinski definition) is 3. The SMILES string of the molecule is C=Cc1ccnc(COC(=O)[C@@H]2CCCN(C(=O)[C@H](Cc3cccc(O[Si](C)(C)C(C)(C)C)c3)NC(=O)[C@@H](NC(=O)OC(C)(C)C)C(C)C)N2)c1. The van der Waals surface area contributed by atoms with Gasteiger partial charge in [-0.25, -0.2) is 10.2 Å². The van der Waals surface area contributed by atoms with Crippen LogP contribution in [0.2, 0.25) is 18.1 Å². The predicted molar refractivity (Wildman–Crippen MR) is 200 cm³/mol. The monoisotopic (exact) mass is 723 g/mol. The molecule has 13 heteroatoms. The Labute approximate surface area is 304 Å². The molecule has 1 aromatic carbocycles. The second-order valence-electron chi connectivity index (χ2n) is 15.8. The fourth-order valence-corrected chi connectivity index (χ4v) is 6.12. The second-order valence-corrected chi connectivity index (χ2v) is 20.6. The molecule has 0 bridgehead atoms. The Morgan fingerprint density at radius 2 is 1.78 bits per heavy atom. The summed E-state index contributed by atoms with van der Waals surface area (Å²) >= 11 is 0. The molecule has 0 spiro atoms. The number of nitrogens with one attached hydrogen (secondary N) is 3. The van der Waals surface area contributed by atoms with Gasteiger partial charge in [-0.3, -0.25) is 24.4 Å². The lowest BCUT2D eigenvalue weighted by Gasteiger charge is -2.36. The van der Waals surface area contributed by atoms with Crippen LogP contribution in [0.3, 0.4) is 0 Å². The van der Waals surface area contributed by atoms with Gasteiger partial charge in [-0.15, -0.1) is 0 Å². The summed E-state index contributed by atoms with van der Waals surface area (Å²) in [6.07, 6.45) is 3.70. The summed E-state index contributed by atoms with van der Waals surface area (Å²) in [5.74, 6) is -1.11. The van der Waals surface area contributed by atoms with E-state index in [0.717, 1.165) is 11.1 Å². The number of amides is 3.